The van der Waals surface area contributed by atoms with Crippen LogP contribution in [0.2, 0.25) is 0 Å². The summed E-state index contributed by atoms with van der Waals surface area (Å²) >= 11 is 5.10. The summed E-state index contributed by atoms with van der Waals surface area (Å²) in [7, 11) is 0. The van der Waals surface area contributed by atoms with Crippen molar-refractivity contribution in [1.29, 1.82) is 0 Å². The Morgan fingerprint density at radius 3 is 2.32 bits per heavy atom. The van der Waals surface area contributed by atoms with Crippen LogP contribution in [0.5, 0.6) is 0 Å². The molecule has 0 spiro atoms. The number of rotatable bonds is 3. The molecule has 0 saturated carbocycles. The van der Waals surface area contributed by atoms with Gasteiger partial charge in [-0.25, -0.2) is 0 Å². The van der Waals surface area contributed by atoms with Crippen molar-refractivity contribution in [1.82, 2.24) is 10.2 Å². The number of fused-ring (bicyclic) bond motifs is 1. The van der Waals surface area contributed by atoms with Crippen molar-refractivity contribution in [2.24, 2.45) is 11.8 Å². The van der Waals surface area contributed by atoms with Crippen molar-refractivity contribution in [2.75, 3.05) is 26.2 Å². The molecule has 0 aliphatic carbocycles. The molecule has 2 aliphatic heterocycles. The van der Waals surface area contributed by atoms with Gasteiger partial charge in [0.05, 0.1) is 4.75 Å². The van der Waals surface area contributed by atoms with E-state index in [1.807, 2.05) is 26.0 Å². The van der Waals surface area contributed by atoms with Crippen LogP contribution in [0.25, 0.3) is 0 Å². The average Bonchev–Trinajstić information content (AvgIpc) is 3.01. The van der Waals surface area contributed by atoms with Crippen molar-refractivity contribution >= 4 is 46.0 Å². The number of nitrogens with zero attached hydrogens (tertiary/aromatic N) is 1. The zero-order valence-electron chi connectivity index (χ0n) is 12.8. The van der Waals surface area contributed by atoms with Crippen LogP contribution in [-0.2, 0) is 4.79 Å². The van der Waals surface area contributed by atoms with E-state index in [0.29, 0.717) is 11.8 Å². The van der Waals surface area contributed by atoms with Crippen molar-refractivity contribution in [3.8, 4) is 0 Å². The second-order valence-corrected chi connectivity index (χ2v) is 9.07. The van der Waals surface area contributed by atoms with E-state index < -0.39 is 4.75 Å². The van der Waals surface area contributed by atoms with Gasteiger partial charge in [-0.05, 0) is 49.9 Å². The summed E-state index contributed by atoms with van der Waals surface area (Å²) in [5, 5.41) is 3.42. The Morgan fingerprint density at radius 2 is 1.77 bits per heavy atom. The first-order valence-electron chi connectivity index (χ1n) is 7.40. The largest absolute Gasteiger partial charge is 0.341 e. The quantitative estimate of drug-likeness (QED) is 0.782. The molecule has 22 heavy (non-hydrogen) atoms. The Hall–Kier alpha value is -0.230. The van der Waals surface area contributed by atoms with Gasteiger partial charge < -0.3 is 10.2 Å². The second-order valence-electron chi connectivity index (χ2n) is 6.45. The summed E-state index contributed by atoms with van der Waals surface area (Å²) in [4.78, 5) is 16.1. The topological polar surface area (TPSA) is 32.3 Å². The molecule has 6 heteroatoms. The summed E-state index contributed by atoms with van der Waals surface area (Å²) < 4.78 is 0.649. The van der Waals surface area contributed by atoms with Crippen LogP contribution in [0.3, 0.4) is 0 Å². The van der Waals surface area contributed by atoms with E-state index in [1.165, 1.54) is 0 Å². The first kappa shape index (κ1) is 18.1. The monoisotopic (exact) mass is 404 g/mol. The minimum atomic E-state index is -0.417. The van der Waals surface area contributed by atoms with Gasteiger partial charge in [-0.1, -0.05) is 15.9 Å². The van der Waals surface area contributed by atoms with E-state index in [0.717, 1.165) is 35.5 Å². The number of nitrogens with one attached hydrogen (secondary N) is 1. The highest BCUT2D eigenvalue weighted by Crippen LogP contribution is 2.37. The van der Waals surface area contributed by atoms with Crippen LogP contribution < -0.4 is 5.32 Å². The van der Waals surface area contributed by atoms with Crippen molar-refractivity contribution in [3.05, 3.63) is 28.7 Å². The SMILES string of the molecule is CC(C)(Sc1ccc(Br)cc1)C(=O)N1C[C@H]2CNC[C@H]2C1.Cl. The fraction of sp³-hybridized carbons (Fsp3) is 0.562. The lowest BCUT2D eigenvalue weighted by Crippen LogP contribution is -2.43. The molecule has 3 nitrogen and oxygen atoms in total. The average molecular weight is 406 g/mol. The van der Waals surface area contributed by atoms with Gasteiger partial charge in [0.25, 0.3) is 0 Å². The van der Waals surface area contributed by atoms with Gasteiger partial charge in [-0.15, -0.1) is 24.2 Å². The maximum atomic E-state index is 12.8. The number of likely N-dealkylation sites (tertiary alicyclic amines) is 1. The lowest BCUT2D eigenvalue weighted by molar-refractivity contribution is -0.132. The lowest BCUT2D eigenvalue weighted by Gasteiger charge is -2.29. The Balaban J connectivity index is 0.00000176. The van der Waals surface area contributed by atoms with E-state index in [2.05, 4.69) is 38.3 Å². The first-order valence-corrected chi connectivity index (χ1v) is 9.01. The molecule has 1 aromatic rings. The minimum absolute atomic E-state index is 0. The molecule has 1 aromatic carbocycles. The molecule has 0 aromatic heterocycles. The number of carbonyl (C=O) groups excluding carboxylic acids is 1. The number of carbonyl (C=O) groups is 1. The molecule has 1 amide bonds. The highest BCUT2D eigenvalue weighted by molar-refractivity contribution is 9.10. The van der Waals surface area contributed by atoms with Gasteiger partial charge in [-0.3, -0.25) is 4.79 Å². The standard InChI is InChI=1S/C16H21BrN2OS.ClH/c1-16(2,21-14-5-3-13(17)4-6-14)15(20)19-9-11-7-18-8-12(11)10-19;/h3-6,11-12,18H,7-10H2,1-2H3;1H/t11-,12+;. The Kier molecular flexibility index (Phi) is 5.86. The van der Waals surface area contributed by atoms with Crippen molar-refractivity contribution < 1.29 is 4.79 Å². The zero-order chi connectivity index (χ0) is 15.0. The lowest BCUT2D eigenvalue weighted by atomic mass is 10.0. The molecule has 2 atom stereocenters. The molecule has 0 bridgehead atoms. The third kappa shape index (κ3) is 3.81. The van der Waals surface area contributed by atoms with Crippen LogP contribution in [0.1, 0.15) is 13.8 Å². The number of thioether (sulfide) groups is 1. The molecule has 2 saturated heterocycles. The van der Waals surface area contributed by atoms with Gasteiger partial charge in [0.15, 0.2) is 0 Å². The van der Waals surface area contributed by atoms with Crippen LogP contribution in [0.15, 0.2) is 33.6 Å². The molecule has 2 fully saturated rings. The number of halogens is 2. The van der Waals surface area contributed by atoms with Gasteiger partial charge in [-0.2, -0.15) is 0 Å². The van der Waals surface area contributed by atoms with E-state index in [-0.39, 0.29) is 18.3 Å². The molecular formula is C16H22BrClN2OS. The highest BCUT2D eigenvalue weighted by Gasteiger charge is 2.42. The van der Waals surface area contributed by atoms with Crippen LogP contribution >= 0.6 is 40.1 Å². The zero-order valence-corrected chi connectivity index (χ0v) is 16.1. The fourth-order valence-corrected chi connectivity index (χ4v) is 4.59. The molecule has 0 radical (unpaired) electrons. The van der Waals surface area contributed by atoms with E-state index in [9.17, 15) is 4.79 Å². The third-order valence-electron chi connectivity index (χ3n) is 4.38. The fourth-order valence-electron chi connectivity index (χ4n) is 3.24. The summed E-state index contributed by atoms with van der Waals surface area (Å²) in [5.74, 6) is 1.58. The van der Waals surface area contributed by atoms with Crippen LogP contribution in [0, 0.1) is 11.8 Å². The second kappa shape index (κ2) is 7.12. The smallest absolute Gasteiger partial charge is 0.238 e. The number of hydrogen-bond acceptors (Lipinski definition) is 3. The van der Waals surface area contributed by atoms with Crippen LogP contribution in [-0.4, -0.2) is 41.7 Å². The minimum Gasteiger partial charge on any atom is -0.341 e. The molecule has 3 rings (SSSR count). The van der Waals surface area contributed by atoms with Gasteiger partial charge >= 0.3 is 0 Å². The molecule has 2 aliphatic rings. The van der Waals surface area contributed by atoms with E-state index in [4.69, 9.17) is 0 Å². The molecule has 2 heterocycles. The first-order chi connectivity index (χ1) is 9.95. The Bertz CT molecular complexity index is 525. The summed E-state index contributed by atoms with van der Waals surface area (Å²) in [5.41, 5.74) is 0. The maximum Gasteiger partial charge on any atom is 0.238 e. The predicted molar refractivity (Wildman–Crippen MR) is 97.8 cm³/mol. The Morgan fingerprint density at radius 1 is 1.23 bits per heavy atom. The highest BCUT2D eigenvalue weighted by atomic mass is 79.9. The van der Waals surface area contributed by atoms with Gasteiger partial charge in [0.1, 0.15) is 0 Å². The van der Waals surface area contributed by atoms with E-state index >= 15 is 0 Å². The normalized spacial score (nSPS) is 24.0. The van der Waals surface area contributed by atoms with E-state index in [1.54, 1.807) is 11.8 Å². The predicted octanol–water partition coefficient (Wildman–Crippen LogP) is 3.42. The van der Waals surface area contributed by atoms with Crippen molar-refractivity contribution in [3.63, 3.8) is 0 Å². The molecular weight excluding hydrogens is 384 g/mol. The number of hydrogen-bond donors (Lipinski definition) is 1. The summed E-state index contributed by atoms with van der Waals surface area (Å²) in [6, 6.07) is 8.17. The number of benzene rings is 1. The van der Waals surface area contributed by atoms with Crippen molar-refractivity contribution in [2.45, 2.75) is 23.5 Å². The third-order valence-corrected chi connectivity index (χ3v) is 6.10. The molecule has 1 N–H and O–H groups in total. The van der Waals surface area contributed by atoms with Crippen LogP contribution in [0.4, 0.5) is 0 Å². The molecule has 122 valence electrons. The number of amides is 1. The maximum absolute atomic E-state index is 12.8. The summed E-state index contributed by atoms with van der Waals surface area (Å²) in [6.45, 7) is 8.04. The van der Waals surface area contributed by atoms with Gasteiger partial charge in [0.2, 0.25) is 5.91 Å². The van der Waals surface area contributed by atoms with Gasteiger partial charge in [0, 0.05) is 35.5 Å². The Labute approximate surface area is 151 Å². The summed E-state index contributed by atoms with van der Waals surface area (Å²) in [6.07, 6.45) is 0. The molecule has 0 unspecified atom stereocenters.